The Labute approximate surface area is 144 Å². The van der Waals surface area contributed by atoms with Crippen molar-refractivity contribution in [3.63, 3.8) is 0 Å². The maximum absolute atomic E-state index is 13.0. The molecular formula is C17H21FN4OS. The lowest BCUT2D eigenvalue weighted by Crippen LogP contribution is -2.49. The predicted octanol–water partition coefficient (Wildman–Crippen LogP) is 2.19. The fourth-order valence-electron chi connectivity index (χ4n) is 2.75. The highest BCUT2D eigenvalue weighted by molar-refractivity contribution is 7.09. The van der Waals surface area contributed by atoms with Gasteiger partial charge in [-0.25, -0.2) is 9.37 Å². The Balaban J connectivity index is 1.53. The number of hydrogen-bond acceptors (Lipinski definition) is 5. The van der Waals surface area contributed by atoms with Crippen LogP contribution in [0.5, 0.6) is 0 Å². The van der Waals surface area contributed by atoms with Crippen LogP contribution in [-0.2, 0) is 11.2 Å². The van der Waals surface area contributed by atoms with Gasteiger partial charge in [-0.2, -0.15) is 0 Å². The van der Waals surface area contributed by atoms with Gasteiger partial charge in [-0.3, -0.25) is 4.79 Å². The molecule has 24 heavy (non-hydrogen) atoms. The minimum absolute atomic E-state index is 0.0929. The number of benzene rings is 1. The maximum Gasteiger partial charge on any atom is 0.228 e. The number of aromatic nitrogens is 1. The number of nitrogens with zero attached hydrogens (tertiary/aromatic N) is 3. The molecule has 3 rings (SSSR count). The van der Waals surface area contributed by atoms with Crippen molar-refractivity contribution in [2.24, 2.45) is 5.73 Å². The molecule has 1 saturated heterocycles. The molecule has 1 fully saturated rings. The van der Waals surface area contributed by atoms with Crippen molar-refractivity contribution in [3.8, 4) is 0 Å². The Kier molecular flexibility index (Phi) is 5.11. The second-order valence-corrected chi connectivity index (χ2v) is 6.88. The van der Waals surface area contributed by atoms with Crippen LogP contribution >= 0.6 is 11.3 Å². The molecule has 5 nitrogen and oxygen atoms in total. The molecule has 1 aliphatic heterocycles. The number of thiazole rings is 1. The molecule has 1 atom stereocenters. The maximum atomic E-state index is 13.0. The van der Waals surface area contributed by atoms with Crippen molar-refractivity contribution < 1.29 is 9.18 Å². The zero-order valence-electron chi connectivity index (χ0n) is 13.6. The fourth-order valence-corrected chi connectivity index (χ4v) is 3.52. The minimum atomic E-state index is -0.234. The first-order chi connectivity index (χ1) is 11.5. The standard InChI is InChI=1S/C17H21FN4OS/c1-12(19)17-20-14(11-24-17)10-16(23)22-8-6-21(7-9-22)15-4-2-13(18)3-5-15/h2-5,11-12H,6-10,19H2,1H3. The van der Waals surface area contributed by atoms with E-state index in [2.05, 4.69) is 9.88 Å². The van der Waals surface area contributed by atoms with Gasteiger partial charge in [-0.1, -0.05) is 0 Å². The first kappa shape index (κ1) is 16.9. The van der Waals surface area contributed by atoms with Gasteiger partial charge in [0.05, 0.1) is 18.2 Å². The number of anilines is 1. The summed E-state index contributed by atoms with van der Waals surface area (Å²) < 4.78 is 13.0. The molecule has 0 bridgehead atoms. The molecular weight excluding hydrogens is 327 g/mol. The van der Waals surface area contributed by atoms with Crippen LogP contribution < -0.4 is 10.6 Å². The van der Waals surface area contributed by atoms with Crippen LogP contribution in [-0.4, -0.2) is 42.0 Å². The largest absolute Gasteiger partial charge is 0.368 e. The smallest absolute Gasteiger partial charge is 0.228 e. The number of hydrogen-bond donors (Lipinski definition) is 1. The number of carbonyl (C=O) groups excluding carboxylic acids is 1. The van der Waals surface area contributed by atoms with Crippen LogP contribution in [0.1, 0.15) is 23.7 Å². The summed E-state index contributed by atoms with van der Waals surface area (Å²) in [5.41, 5.74) is 7.58. The molecule has 0 aliphatic carbocycles. The van der Waals surface area contributed by atoms with Gasteiger partial charge in [0, 0.05) is 37.2 Å². The summed E-state index contributed by atoms with van der Waals surface area (Å²) >= 11 is 1.50. The highest BCUT2D eigenvalue weighted by Crippen LogP contribution is 2.19. The zero-order valence-corrected chi connectivity index (χ0v) is 14.4. The van der Waals surface area contributed by atoms with E-state index in [0.29, 0.717) is 19.5 Å². The number of piperazine rings is 1. The lowest BCUT2D eigenvalue weighted by molar-refractivity contribution is -0.130. The molecule has 2 heterocycles. The normalized spacial score (nSPS) is 16.3. The summed E-state index contributed by atoms with van der Waals surface area (Å²) in [5, 5.41) is 2.77. The van der Waals surface area contributed by atoms with Crippen LogP contribution in [0.15, 0.2) is 29.6 Å². The Hall–Kier alpha value is -1.99. The van der Waals surface area contributed by atoms with Gasteiger partial charge in [-0.05, 0) is 31.2 Å². The van der Waals surface area contributed by atoms with Crippen LogP contribution in [0.3, 0.4) is 0 Å². The van der Waals surface area contributed by atoms with Crippen LogP contribution in [0.25, 0.3) is 0 Å². The quantitative estimate of drug-likeness (QED) is 0.920. The molecule has 1 aliphatic rings. The summed E-state index contributed by atoms with van der Waals surface area (Å²) in [4.78, 5) is 20.9. The van der Waals surface area contributed by atoms with E-state index in [9.17, 15) is 9.18 Å². The Morgan fingerprint density at radius 1 is 1.29 bits per heavy atom. The van der Waals surface area contributed by atoms with E-state index in [4.69, 9.17) is 5.73 Å². The fraction of sp³-hybridized carbons (Fsp3) is 0.412. The second kappa shape index (κ2) is 7.27. The minimum Gasteiger partial charge on any atom is -0.368 e. The molecule has 1 aromatic heterocycles. The number of nitrogens with two attached hydrogens (primary N) is 1. The third kappa shape index (κ3) is 3.91. The Morgan fingerprint density at radius 2 is 1.96 bits per heavy atom. The number of halogens is 1. The second-order valence-electron chi connectivity index (χ2n) is 5.99. The van der Waals surface area contributed by atoms with Gasteiger partial charge < -0.3 is 15.5 Å². The molecule has 1 aromatic carbocycles. The van der Waals surface area contributed by atoms with Crippen LogP contribution in [0.4, 0.5) is 10.1 Å². The summed E-state index contributed by atoms with van der Waals surface area (Å²) in [7, 11) is 0. The average Bonchev–Trinajstić information content (AvgIpc) is 3.04. The summed E-state index contributed by atoms with van der Waals surface area (Å²) in [5.74, 6) is -0.141. The third-order valence-electron chi connectivity index (χ3n) is 4.12. The molecule has 7 heteroatoms. The van der Waals surface area contributed by atoms with E-state index in [1.807, 2.05) is 17.2 Å². The van der Waals surface area contributed by atoms with Crippen LogP contribution in [0.2, 0.25) is 0 Å². The van der Waals surface area contributed by atoms with Gasteiger partial charge in [-0.15, -0.1) is 11.3 Å². The molecule has 128 valence electrons. The van der Waals surface area contributed by atoms with Crippen molar-refractivity contribution in [1.82, 2.24) is 9.88 Å². The van der Waals surface area contributed by atoms with Crippen molar-refractivity contribution in [2.75, 3.05) is 31.1 Å². The van der Waals surface area contributed by atoms with E-state index >= 15 is 0 Å². The van der Waals surface area contributed by atoms with Gasteiger partial charge >= 0.3 is 0 Å². The Bertz CT molecular complexity index is 693. The van der Waals surface area contributed by atoms with Crippen molar-refractivity contribution in [2.45, 2.75) is 19.4 Å². The first-order valence-electron chi connectivity index (χ1n) is 8.01. The summed E-state index contributed by atoms with van der Waals surface area (Å²) in [6, 6.07) is 6.38. The number of rotatable bonds is 4. The van der Waals surface area contributed by atoms with Gasteiger partial charge in [0.1, 0.15) is 10.8 Å². The van der Waals surface area contributed by atoms with E-state index < -0.39 is 0 Å². The van der Waals surface area contributed by atoms with Gasteiger partial charge in [0.25, 0.3) is 0 Å². The van der Waals surface area contributed by atoms with E-state index in [1.165, 1.54) is 23.5 Å². The molecule has 0 radical (unpaired) electrons. The predicted molar refractivity (Wildman–Crippen MR) is 93.6 cm³/mol. The molecule has 1 amide bonds. The van der Waals surface area contributed by atoms with Crippen molar-refractivity contribution in [3.05, 3.63) is 46.2 Å². The SMILES string of the molecule is CC(N)c1nc(CC(=O)N2CCN(c3ccc(F)cc3)CC2)cs1. The van der Waals surface area contributed by atoms with Crippen molar-refractivity contribution in [1.29, 1.82) is 0 Å². The average molecular weight is 348 g/mol. The highest BCUT2D eigenvalue weighted by atomic mass is 32.1. The molecule has 0 spiro atoms. The zero-order chi connectivity index (χ0) is 17.1. The van der Waals surface area contributed by atoms with Crippen molar-refractivity contribution >= 4 is 22.9 Å². The lowest BCUT2D eigenvalue weighted by atomic mass is 10.2. The molecule has 1 unspecified atom stereocenters. The molecule has 2 aromatic rings. The molecule has 2 N–H and O–H groups in total. The van der Waals surface area contributed by atoms with E-state index in [-0.39, 0.29) is 17.8 Å². The van der Waals surface area contributed by atoms with E-state index in [0.717, 1.165) is 29.5 Å². The monoisotopic (exact) mass is 348 g/mol. The number of amides is 1. The molecule has 0 saturated carbocycles. The third-order valence-corrected chi connectivity index (χ3v) is 5.21. The van der Waals surface area contributed by atoms with Crippen LogP contribution in [0, 0.1) is 5.82 Å². The first-order valence-corrected chi connectivity index (χ1v) is 8.89. The highest BCUT2D eigenvalue weighted by Gasteiger charge is 2.22. The summed E-state index contributed by atoms with van der Waals surface area (Å²) in [6.45, 7) is 4.72. The Morgan fingerprint density at radius 3 is 2.54 bits per heavy atom. The van der Waals surface area contributed by atoms with E-state index in [1.54, 1.807) is 12.1 Å². The summed E-state index contributed by atoms with van der Waals surface area (Å²) in [6.07, 6.45) is 0.319. The topological polar surface area (TPSA) is 62.5 Å². The van der Waals surface area contributed by atoms with Gasteiger partial charge in [0.2, 0.25) is 5.91 Å². The lowest BCUT2D eigenvalue weighted by Gasteiger charge is -2.36. The number of carbonyl (C=O) groups is 1. The van der Waals surface area contributed by atoms with Gasteiger partial charge in [0.15, 0.2) is 0 Å².